The maximum atomic E-state index is 10.4. The SMILES string of the molecule is CC(C)O.CC(C)O.CCCC(=O)CC(=O)[O-].CCCC(=O)CC(=O)[O-].CCCC(=O)CC(=O)[O-].[Al+3]. The van der Waals surface area contributed by atoms with E-state index in [0.29, 0.717) is 38.5 Å². The molecule has 208 valence electrons. The zero-order valence-corrected chi connectivity index (χ0v) is 23.8. The molecular formula is C24H43AlO11. The molecule has 0 bridgehead atoms. The second-order valence-corrected chi connectivity index (χ2v) is 7.70. The summed E-state index contributed by atoms with van der Waals surface area (Å²) in [5, 5.41) is 45.4. The van der Waals surface area contributed by atoms with Gasteiger partial charge in [-0.3, -0.25) is 14.4 Å². The van der Waals surface area contributed by atoms with E-state index in [0.717, 1.165) is 0 Å². The Hall–Kier alpha value is -2.13. The average molecular weight is 535 g/mol. The Morgan fingerprint density at radius 3 is 0.750 bits per heavy atom. The van der Waals surface area contributed by atoms with Crippen LogP contribution < -0.4 is 15.3 Å². The van der Waals surface area contributed by atoms with Gasteiger partial charge in [-0.05, 0) is 47.0 Å². The number of carboxylic acids is 3. The van der Waals surface area contributed by atoms with Crippen molar-refractivity contribution in [2.24, 2.45) is 0 Å². The van der Waals surface area contributed by atoms with Crippen LogP contribution in [0.15, 0.2) is 0 Å². The van der Waals surface area contributed by atoms with E-state index >= 15 is 0 Å². The number of hydrogen-bond acceptors (Lipinski definition) is 11. The summed E-state index contributed by atoms with van der Waals surface area (Å²) in [4.78, 5) is 60.6. The predicted molar refractivity (Wildman–Crippen MR) is 129 cm³/mol. The van der Waals surface area contributed by atoms with Crippen LogP contribution in [-0.4, -0.2) is 75.0 Å². The van der Waals surface area contributed by atoms with Crippen LogP contribution >= 0.6 is 0 Å². The van der Waals surface area contributed by atoms with Crippen LogP contribution in [0.2, 0.25) is 0 Å². The van der Waals surface area contributed by atoms with Crippen LogP contribution in [0.1, 0.15) is 106 Å². The summed E-state index contributed by atoms with van der Waals surface area (Å²) in [6, 6.07) is 0. The van der Waals surface area contributed by atoms with Crippen LogP contribution in [-0.2, 0) is 28.8 Å². The second kappa shape index (κ2) is 35.0. The molecule has 12 heteroatoms. The zero-order chi connectivity index (χ0) is 29.0. The molecule has 0 heterocycles. The molecule has 0 aromatic carbocycles. The molecule has 11 nitrogen and oxygen atoms in total. The normalized spacial score (nSPS) is 8.75. The number of aliphatic carboxylic acids is 3. The van der Waals surface area contributed by atoms with Crippen LogP contribution in [0.25, 0.3) is 0 Å². The first-order valence-electron chi connectivity index (χ1n) is 11.5. The summed E-state index contributed by atoms with van der Waals surface area (Å²) in [6.45, 7) is 12.4. The van der Waals surface area contributed by atoms with Gasteiger partial charge in [0.15, 0.2) is 0 Å². The molecule has 0 unspecified atom stereocenters. The Morgan fingerprint density at radius 2 is 0.667 bits per heavy atom. The second-order valence-electron chi connectivity index (χ2n) is 7.70. The number of ketones is 3. The van der Waals surface area contributed by atoms with Crippen LogP contribution in [0.5, 0.6) is 0 Å². The van der Waals surface area contributed by atoms with Gasteiger partial charge < -0.3 is 39.9 Å². The number of aliphatic hydroxyl groups is 2. The van der Waals surface area contributed by atoms with E-state index < -0.39 is 37.2 Å². The number of carbonyl (C=O) groups excluding carboxylic acids is 6. The molecular weight excluding hydrogens is 491 g/mol. The van der Waals surface area contributed by atoms with Crippen molar-refractivity contribution in [1.82, 2.24) is 0 Å². The Morgan fingerprint density at radius 1 is 0.528 bits per heavy atom. The zero-order valence-electron chi connectivity index (χ0n) is 22.7. The summed E-state index contributed by atoms with van der Waals surface area (Å²) in [7, 11) is 0. The Balaban J connectivity index is -0.0000000807. The van der Waals surface area contributed by atoms with Crippen molar-refractivity contribution in [3.05, 3.63) is 0 Å². The Kier molecular flexibility index (Phi) is 45.9. The number of carbonyl (C=O) groups is 6. The number of aliphatic hydroxyl groups excluding tert-OH is 2. The Bertz CT molecular complexity index is 506. The molecule has 0 aromatic heterocycles. The minimum Gasteiger partial charge on any atom is -0.550 e. The molecule has 0 fully saturated rings. The smallest absolute Gasteiger partial charge is 0.550 e. The average Bonchev–Trinajstić information content (AvgIpc) is 2.60. The van der Waals surface area contributed by atoms with Crippen LogP contribution in [0.4, 0.5) is 0 Å². The van der Waals surface area contributed by atoms with Gasteiger partial charge in [0.2, 0.25) is 0 Å². The molecule has 2 N–H and O–H groups in total. The summed E-state index contributed by atoms with van der Waals surface area (Å²) in [5.74, 6) is -4.61. The van der Waals surface area contributed by atoms with Gasteiger partial charge in [0.1, 0.15) is 17.3 Å². The van der Waals surface area contributed by atoms with Gasteiger partial charge in [-0.2, -0.15) is 0 Å². The van der Waals surface area contributed by atoms with E-state index in [1.165, 1.54) is 0 Å². The molecule has 0 saturated heterocycles. The van der Waals surface area contributed by atoms with Gasteiger partial charge in [0, 0.05) is 68.6 Å². The van der Waals surface area contributed by atoms with Gasteiger partial charge in [-0.1, -0.05) is 20.8 Å². The fourth-order valence-electron chi connectivity index (χ4n) is 1.58. The fourth-order valence-corrected chi connectivity index (χ4v) is 1.58. The number of hydrogen-bond donors (Lipinski definition) is 2. The van der Waals surface area contributed by atoms with Crippen molar-refractivity contribution in [2.75, 3.05) is 0 Å². The summed E-state index contributed by atoms with van der Waals surface area (Å²) >= 11 is 0. The van der Waals surface area contributed by atoms with Crippen molar-refractivity contribution >= 4 is 52.6 Å². The van der Waals surface area contributed by atoms with E-state index in [2.05, 4.69) is 0 Å². The van der Waals surface area contributed by atoms with Gasteiger partial charge in [0.25, 0.3) is 0 Å². The molecule has 0 aliphatic rings. The monoisotopic (exact) mass is 534 g/mol. The van der Waals surface area contributed by atoms with E-state index in [4.69, 9.17) is 10.2 Å². The minimum absolute atomic E-state index is 0. The number of Topliss-reactive ketones (excluding diaryl/α,β-unsaturated/α-hetero) is 3. The van der Waals surface area contributed by atoms with Crippen LogP contribution in [0.3, 0.4) is 0 Å². The van der Waals surface area contributed by atoms with Gasteiger partial charge >= 0.3 is 17.4 Å². The van der Waals surface area contributed by atoms with Crippen molar-refractivity contribution < 1.29 is 54.3 Å². The van der Waals surface area contributed by atoms with Crippen molar-refractivity contribution in [2.45, 2.75) is 118 Å². The van der Waals surface area contributed by atoms with Gasteiger partial charge in [-0.25, -0.2) is 0 Å². The molecule has 0 spiro atoms. The van der Waals surface area contributed by atoms with Crippen molar-refractivity contribution in [1.29, 1.82) is 0 Å². The van der Waals surface area contributed by atoms with E-state index in [1.54, 1.807) is 27.7 Å². The maximum absolute atomic E-state index is 10.4. The van der Waals surface area contributed by atoms with Crippen molar-refractivity contribution in [3.63, 3.8) is 0 Å². The molecule has 36 heavy (non-hydrogen) atoms. The third kappa shape index (κ3) is 85.3. The molecule has 0 saturated carbocycles. The summed E-state index contributed by atoms with van der Waals surface area (Å²) < 4.78 is 0. The first kappa shape index (κ1) is 47.1. The van der Waals surface area contributed by atoms with E-state index in [-0.39, 0.29) is 46.9 Å². The Labute approximate surface area is 225 Å². The third-order valence-corrected chi connectivity index (χ3v) is 2.61. The molecule has 0 rings (SSSR count). The summed E-state index contributed by atoms with van der Waals surface area (Å²) in [6.07, 6.45) is 1.48. The standard InChI is InChI=1S/3C6H10O3.2C3H8O.Al/c3*1-2-3-5(7)4-6(8)9;2*1-3(2)4;/h3*2-4H2,1H3,(H,8,9);2*3-4H,1-2H3;/q;;;;;+3/p-3. The third-order valence-electron chi connectivity index (χ3n) is 2.61. The largest absolute Gasteiger partial charge is 3.00 e. The number of rotatable bonds is 12. The van der Waals surface area contributed by atoms with Crippen molar-refractivity contribution in [3.8, 4) is 0 Å². The topological polar surface area (TPSA) is 212 Å². The number of carboxylic acid groups (broad SMARTS) is 3. The quantitative estimate of drug-likeness (QED) is 0.226. The molecule has 0 amide bonds. The molecule has 0 aromatic rings. The van der Waals surface area contributed by atoms with E-state index in [1.807, 2.05) is 20.8 Å². The van der Waals surface area contributed by atoms with Gasteiger partial charge in [0.05, 0.1) is 0 Å². The summed E-state index contributed by atoms with van der Waals surface area (Å²) in [5.41, 5.74) is 0. The van der Waals surface area contributed by atoms with Crippen LogP contribution in [0, 0.1) is 0 Å². The van der Waals surface area contributed by atoms with Gasteiger partial charge in [-0.15, -0.1) is 0 Å². The fraction of sp³-hybridized carbons (Fsp3) is 0.750. The minimum atomic E-state index is -1.28. The first-order valence-corrected chi connectivity index (χ1v) is 11.5. The molecule has 0 aliphatic carbocycles. The first-order chi connectivity index (χ1) is 16.0. The van der Waals surface area contributed by atoms with E-state index in [9.17, 15) is 44.1 Å². The molecule has 0 aliphatic heterocycles. The molecule has 0 atom stereocenters. The predicted octanol–water partition coefficient (Wildman–Crippen LogP) is -1.12. The maximum Gasteiger partial charge on any atom is 3.00 e. The molecule has 0 radical (unpaired) electrons.